The highest BCUT2D eigenvalue weighted by Crippen LogP contribution is 2.36. The Labute approximate surface area is 158 Å². The summed E-state index contributed by atoms with van der Waals surface area (Å²) in [4.78, 5) is 21.8. The second kappa shape index (κ2) is 8.84. The van der Waals surface area contributed by atoms with Crippen LogP contribution in [0.5, 0.6) is 11.5 Å². The van der Waals surface area contributed by atoms with E-state index in [2.05, 4.69) is 0 Å². The Morgan fingerprint density at radius 1 is 1.15 bits per heavy atom. The van der Waals surface area contributed by atoms with E-state index in [4.69, 9.17) is 33.0 Å². The van der Waals surface area contributed by atoms with E-state index in [0.717, 1.165) is 6.07 Å². The van der Waals surface area contributed by atoms with Crippen molar-refractivity contribution in [3.05, 3.63) is 61.6 Å². The van der Waals surface area contributed by atoms with Crippen LogP contribution in [0.4, 0.5) is 5.69 Å². The number of aromatic carboxylic acids is 1. The van der Waals surface area contributed by atoms with E-state index in [1.54, 1.807) is 6.07 Å². The predicted octanol–water partition coefficient (Wildman–Crippen LogP) is 4.71. The Balaban J connectivity index is 2.50. The van der Waals surface area contributed by atoms with E-state index in [1.807, 2.05) is 0 Å². The number of aliphatic hydroxyl groups excluding tert-OH is 1. The normalized spacial score (nSPS) is 10.6. The number of aliphatic hydroxyl groups is 1. The maximum atomic E-state index is 11.4. The number of unbranched alkanes of at least 4 members (excludes halogenated alkanes) is 1. The molecule has 0 unspecified atom stereocenters. The van der Waals surface area contributed by atoms with Crippen LogP contribution in [0.3, 0.4) is 0 Å². The largest absolute Gasteiger partial charge is 0.477 e. The Kier molecular flexibility index (Phi) is 6.79. The van der Waals surface area contributed by atoms with E-state index < -0.39 is 22.1 Å². The third-order valence-corrected chi connectivity index (χ3v) is 4.10. The summed E-state index contributed by atoms with van der Waals surface area (Å²) in [6, 6.07) is 6.83. The van der Waals surface area contributed by atoms with Crippen molar-refractivity contribution in [1.82, 2.24) is 0 Å². The number of carboxylic acid groups (broad SMARTS) is 1. The second-order valence-corrected chi connectivity index (χ2v) is 6.24. The van der Waals surface area contributed by atoms with Gasteiger partial charge in [-0.3, -0.25) is 10.1 Å². The minimum atomic E-state index is -1.44. The van der Waals surface area contributed by atoms with Crippen molar-refractivity contribution in [3.8, 4) is 11.5 Å². The highest BCUT2D eigenvalue weighted by molar-refractivity contribution is 6.35. The fourth-order valence-electron chi connectivity index (χ4n) is 2.33. The lowest BCUT2D eigenvalue weighted by Gasteiger charge is -2.13. The summed E-state index contributed by atoms with van der Waals surface area (Å²) in [5, 5.41) is 30.0. The predicted molar refractivity (Wildman–Crippen MR) is 96.6 cm³/mol. The van der Waals surface area contributed by atoms with Crippen LogP contribution in [-0.4, -0.2) is 27.7 Å². The number of aryl methyl sites for hydroxylation is 1. The zero-order valence-electron chi connectivity index (χ0n) is 13.4. The molecule has 7 nitrogen and oxygen atoms in total. The van der Waals surface area contributed by atoms with Crippen molar-refractivity contribution in [3.63, 3.8) is 0 Å². The number of ether oxygens (including phenoxy) is 1. The molecule has 2 N–H and O–H groups in total. The second-order valence-electron chi connectivity index (χ2n) is 5.40. The van der Waals surface area contributed by atoms with Gasteiger partial charge in [0.15, 0.2) is 0 Å². The van der Waals surface area contributed by atoms with Crippen molar-refractivity contribution in [2.75, 3.05) is 6.61 Å². The molecule has 0 atom stereocenters. The molecule has 0 amide bonds. The minimum Gasteiger partial charge on any atom is -0.477 e. The number of benzene rings is 2. The molecule has 0 aliphatic carbocycles. The maximum Gasteiger partial charge on any atom is 0.342 e. The van der Waals surface area contributed by atoms with E-state index in [1.165, 1.54) is 18.2 Å². The number of nitrogens with zero attached hydrogens (tertiary/aromatic N) is 1. The Morgan fingerprint density at radius 3 is 2.46 bits per heavy atom. The zero-order chi connectivity index (χ0) is 19.3. The number of nitro benzene ring substituents is 1. The lowest BCUT2D eigenvalue weighted by Crippen LogP contribution is -2.05. The van der Waals surface area contributed by atoms with Crippen molar-refractivity contribution in [2.24, 2.45) is 0 Å². The first-order chi connectivity index (χ1) is 12.3. The Bertz CT molecular complexity index is 840. The van der Waals surface area contributed by atoms with Crippen LogP contribution >= 0.6 is 23.2 Å². The van der Waals surface area contributed by atoms with Gasteiger partial charge in [-0.1, -0.05) is 23.2 Å². The SMILES string of the molecule is O=C(O)c1cc(Oc2ccc(Cl)cc2Cl)c(CCCCO)cc1[N+](=O)[O-]. The molecule has 26 heavy (non-hydrogen) atoms. The van der Waals surface area contributed by atoms with E-state index in [0.29, 0.717) is 29.8 Å². The summed E-state index contributed by atoms with van der Waals surface area (Å²) in [6.07, 6.45) is 1.41. The van der Waals surface area contributed by atoms with E-state index in [9.17, 15) is 20.0 Å². The van der Waals surface area contributed by atoms with Gasteiger partial charge in [-0.25, -0.2) is 4.79 Å². The average Bonchev–Trinajstić information content (AvgIpc) is 2.57. The van der Waals surface area contributed by atoms with E-state index >= 15 is 0 Å². The maximum absolute atomic E-state index is 11.4. The molecular formula is C17H15Cl2NO6. The van der Waals surface area contributed by atoms with Gasteiger partial charge in [-0.05, 0) is 37.5 Å². The number of carbonyl (C=O) groups is 1. The molecule has 0 radical (unpaired) electrons. The Morgan fingerprint density at radius 2 is 1.88 bits per heavy atom. The number of halogens is 2. The molecular weight excluding hydrogens is 385 g/mol. The summed E-state index contributed by atoms with van der Waals surface area (Å²) in [7, 11) is 0. The Hall–Kier alpha value is -2.35. The van der Waals surface area contributed by atoms with E-state index in [-0.39, 0.29) is 23.1 Å². The number of hydrogen-bond acceptors (Lipinski definition) is 5. The number of hydrogen-bond donors (Lipinski definition) is 2. The number of rotatable bonds is 8. The first-order valence-electron chi connectivity index (χ1n) is 7.62. The first-order valence-corrected chi connectivity index (χ1v) is 8.37. The van der Waals surface area contributed by atoms with Crippen molar-refractivity contribution in [1.29, 1.82) is 0 Å². The van der Waals surface area contributed by atoms with Gasteiger partial charge in [0.1, 0.15) is 17.1 Å². The molecule has 0 saturated heterocycles. The topological polar surface area (TPSA) is 110 Å². The van der Waals surface area contributed by atoms with Gasteiger partial charge in [-0.15, -0.1) is 0 Å². The smallest absolute Gasteiger partial charge is 0.342 e. The van der Waals surface area contributed by atoms with Gasteiger partial charge in [0.25, 0.3) is 5.69 Å². The molecule has 0 bridgehead atoms. The highest BCUT2D eigenvalue weighted by Gasteiger charge is 2.24. The van der Waals surface area contributed by atoms with Crippen LogP contribution in [-0.2, 0) is 6.42 Å². The number of carboxylic acids is 1. The standard InChI is InChI=1S/C17H15Cl2NO6/c18-11-4-5-15(13(19)8-11)26-16-9-12(17(22)23)14(20(24)25)7-10(16)3-1-2-6-21/h4-5,7-9,21H,1-3,6H2,(H,22,23). The fourth-order valence-corrected chi connectivity index (χ4v) is 2.78. The van der Waals surface area contributed by atoms with Crippen LogP contribution in [0, 0.1) is 10.1 Å². The summed E-state index contributed by atoms with van der Waals surface area (Å²) in [5.41, 5.74) is -0.562. The summed E-state index contributed by atoms with van der Waals surface area (Å²) < 4.78 is 5.71. The van der Waals surface area contributed by atoms with Crippen LogP contribution < -0.4 is 4.74 Å². The minimum absolute atomic E-state index is 0.0193. The van der Waals surface area contributed by atoms with Gasteiger partial charge >= 0.3 is 5.97 Å². The molecule has 0 aliphatic heterocycles. The zero-order valence-corrected chi connectivity index (χ0v) is 15.0. The quantitative estimate of drug-likeness (QED) is 0.377. The molecule has 9 heteroatoms. The first kappa shape index (κ1) is 20.0. The van der Waals surface area contributed by atoms with Crippen LogP contribution in [0.1, 0.15) is 28.8 Å². The van der Waals surface area contributed by atoms with Crippen LogP contribution in [0.25, 0.3) is 0 Å². The third kappa shape index (κ3) is 4.85. The summed E-state index contributed by atoms with van der Waals surface area (Å²) >= 11 is 11.9. The molecule has 0 aromatic heterocycles. The number of nitro groups is 1. The molecule has 2 aromatic carbocycles. The van der Waals surface area contributed by atoms with Crippen LogP contribution in [0.15, 0.2) is 30.3 Å². The molecule has 0 saturated carbocycles. The molecule has 0 aliphatic rings. The summed E-state index contributed by atoms with van der Waals surface area (Å²) in [5.74, 6) is -1.05. The van der Waals surface area contributed by atoms with Crippen LogP contribution in [0.2, 0.25) is 10.0 Å². The van der Waals surface area contributed by atoms with Crippen molar-refractivity contribution < 1.29 is 24.7 Å². The fraction of sp³-hybridized carbons (Fsp3) is 0.235. The molecule has 0 heterocycles. The molecule has 138 valence electrons. The molecule has 0 fully saturated rings. The van der Waals surface area contributed by atoms with Gasteiger partial charge in [-0.2, -0.15) is 0 Å². The molecule has 2 rings (SSSR count). The summed E-state index contributed by atoms with van der Waals surface area (Å²) in [6.45, 7) is -0.0193. The third-order valence-electron chi connectivity index (χ3n) is 3.57. The molecule has 2 aromatic rings. The van der Waals surface area contributed by atoms with Gasteiger partial charge in [0, 0.05) is 29.3 Å². The van der Waals surface area contributed by atoms with Gasteiger partial charge in [0.05, 0.1) is 9.95 Å². The van der Waals surface area contributed by atoms with Gasteiger partial charge < -0.3 is 14.9 Å². The monoisotopic (exact) mass is 399 g/mol. The average molecular weight is 400 g/mol. The molecule has 0 spiro atoms. The lowest BCUT2D eigenvalue weighted by atomic mass is 10.0. The highest BCUT2D eigenvalue weighted by atomic mass is 35.5. The van der Waals surface area contributed by atoms with Crippen molar-refractivity contribution in [2.45, 2.75) is 19.3 Å². The lowest BCUT2D eigenvalue weighted by molar-refractivity contribution is -0.385. The van der Waals surface area contributed by atoms with Crippen molar-refractivity contribution >= 4 is 34.9 Å². The van der Waals surface area contributed by atoms with Gasteiger partial charge in [0.2, 0.25) is 0 Å².